The van der Waals surface area contributed by atoms with Crippen molar-refractivity contribution in [2.24, 2.45) is 0 Å². The minimum atomic E-state index is 0.367. The van der Waals surface area contributed by atoms with E-state index in [0.717, 1.165) is 11.4 Å². The molecule has 3 nitrogen and oxygen atoms in total. The first-order valence-corrected chi connectivity index (χ1v) is 8.30. The number of hydrogen-bond acceptors (Lipinski definition) is 4. The van der Waals surface area contributed by atoms with Gasteiger partial charge in [-0.1, -0.05) is 0 Å². The van der Waals surface area contributed by atoms with Crippen LogP contribution in [0.4, 0.5) is 0 Å². The van der Waals surface area contributed by atoms with Gasteiger partial charge in [0.15, 0.2) is 4.96 Å². The zero-order chi connectivity index (χ0) is 12.6. The predicted molar refractivity (Wildman–Crippen MR) is 79.7 cm³/mol. The molecule has 98 valence electrons. The van der Waals surface area contributed by atoms with Gasteiger partial charge in [0.25, 0.3) is 0 Å². The summed E-state index contributed by atoms with van der Waals surface area (Å²) in [5.74, 6) is 1.30. The van der Waals surface area contributed by atoms with Crippen molar-refractivity contribution in [2.75, 3.05) is 12.8 Å². The molecule has 1 aliphatic rings. The summed E-state index contributed by atoms with van der Waals surface area (Å²) < 4.78 is 2.49. The van der Waals surface area contributed by atoms with Gasteiger partial charge < -0.3 is 5.32 Å². The topological polar surface area (TPSA) is 29.3 Å². The van der Waals surface area contributed by atoms with Crippen LogP contribution in [0.15, 0.2) is 17.8 Å². The third kappa shape index (κ3) is 2.19. The van der Waals surface area contributed by atoms with Crippen molar-refractivity contribution >= 4 is 28.1 Å². The van der Waals surface area contributed by atoms with Gasteiger partial charge in [-0.25, -0.2) is 4.98 Å². The molecule has 3 heterocycles. The van der Waals surface area contributed by atoms with E-state index in [9.17, 15) is 0 Å². The lowest BCUT2D eigenvalue weighted by molar-refractivity contribution is 0.421. The first-order valence-electron chi connectivity index (χ1n) is 6.43. The average Bonchev–Trinajstić information content (AvgIpc) is 3.01. The lowest BCUT2D eigenvalue weighted by Gasteiger charge is -2.32. The fourth-order valence-electron chi connectivity index (χ4n) is 2.78. The molecule has 0 aliphatic carbocycles. The minimum absolute atomic E-state index is 0.367. The number of thiazole rings is 1. The summed E-state index contributed by atoms with van der Waals surface area (Å²) in [5, 5.41) is 5.58. The van der Waals surface area contributed by atoms with Crippen molar-refractivity contribution in [3.05, 3.63) is 23.5 Å². The maximum atomic E-state index is 4.70. The van der Waals surface area contributed by atoms with E-state index in [0.29, 0.717) is 10.8 Å². The zero-order valence-electron chi connectivity index (χ0n) is 10.8. The van der Waals surface area contributed by atoms with Crippen molar-refractivity contribution in [3.63, 3.8) is 0 Å². The van der Waals surface area contributed by atoms with Gasteiger partial charge in [0.05, 0.1) is 5.69 Å². The third-order valence-corrected chi connectivity index (χ3v) is 6.30. The molecule has 2 aromatic rings. The molecule has 0 bridgehead atoms. The van der Waals surface area contributed by atoms with Gasteiger partial charge >= 0.3 is 0 Å². The Hall–Kier alpha value is -0.520. The summed E-state index contributed by atoms with van der Waals surface area (Å²) in [6, 6.07) is 0.509. The molecule has 5 heteroatoms. The first-order chi connectivity index (χ1) is 8.71. The predicted octanol–water partition coefficient (Wildman–Crippen LogP) is 2.81. The van der Waals surface area contributed by atoms with E-state index >= 15 is 0 Å². The van der Waals surface area contributed by atoms with Crippen molar-refractivity contribution in [3.8, 4) is 0 Å². The standard InChI is InChI=1S/C13H19N3S2/c1-13(4-3-6-18-13)11(14-2)8-10-9-16-5-7-17-12(16)15-10/h5,7,9,11,14H,3-4,6,8H2,1-2H3. The van der Waals surface area contributed by atoms with Crippen LogP contribution in [0.25, 0.3) is 4.96 Å². The van der Waals surface area contributed by atoms with Gasteiger partial charge in [-0.3, -0.25) is 4.40 Å². The molecule has 0 saturated carbocycles. The number of nitrogens with zero attached hydrogens (tertiary/aromatic N) is 2. The number of imidazole rings is 1. The number of rotatable bonds is 4. The lowest BCUT2D eigenvalue weighted by atomic mass is 9.93. The largest absolute Gasteiger partial charge is 0.315 e. The summed E-state index contributed by atoms with van der Waals surface area (Å²) in [6.07, 6.45) is 7.92. The molecule has 0 radical (unpaired) electrons. The van der Waals surface area contributed by atoms with Crippen LogP contribution in [0.5, 0.6) is 0 Å². The van der Waals surface area contributed by atoms with Crippen LogP contribution in [-0.2, 0) is 6.42 Å². The van der Waals surface area contributed by atoms with Crippen LogP contribution in [0.1, 0.15) is 25.5 Å². The highest BCUT2D eigenvalue weighted by Crippen LogP contribution is 2.41. The molecule has 3 rings (SSSR count). The number of nitrogens with one attached hydrogen (secondary N) is 1. The highest BCUT2D eigenvalue weighted by atomic mass is 32.2. The molecule has 1 saturated heterocycles. The Kier molecular flexibility index (Phi) is 3.38. The van der Waals surface area contributed by atoms with Gasteiger partial charge in [-0.05, 0) is 32.6 Å². The second-order valence-electron chi connectivity index (χ2n) is 5.14. The Morgan fingerprint density at radius 2 is 2.50 bits per heavy atom. The van der Waals surface area contributed by atoms with Gasteiger partial charge in [0.1, 0.15) is 0 Å². The summed E-state index contributed by atoms with van der Waals surface area (Å²) in [5.41, 5.74) is 1.20. The number of aromatic nitrogens is 2. The normalized spacial score (nSPS) is 25.9. The Morgan fingerprint density at radius 3 is 3.17 bits per heavy atom. The molecular formula is C13H19N3S2. The van der Waals surface area contributed by atoms with Gasteiger partial charge in [-0.15, -0.1) is 11.3 Å². The van der Waals surface area contributed by atoms with E-state index < -0.39 is 0 Å². The van der Waals surface area contributed by atoms with Crippen LogP contribution in [0, 0.1) is 0 Å². The Balaban J connectivity index is 1.79. The van der Waals surface area contributed by atoms with Crippen molar-refractivity contribution in [2.45, 2.75) is 37.0 Å². The number of likely N-dealkylation sites (N-methyl/N-ethyl adjacent to an activating group) is 1. The molecule has 2 atom stereocenters. The van der Waals surface area contributed by atoms with E-state index in [2.05, 4.69) is 53.2 Å². The monoisotopic (exact) mass is 281 g/mol. The lowest BCUT2D eigenvalue weighted by Crippen LogP contribution is -2.45. The second-order valence-corrected chi connectivity index (χ2v) is 7.64. The van der Waals surface area contributed by atoms with Crippen LogP contribution in [0.3, 0.4) is 0 Å². The van der Waals surface area contributed by atoms with Crippen molar-refractivity contribution in [1.82, 2.24) is 14.7 Å². The molecule has 1 aliphatic heterocycles. The van der Waals surface area contributed by atoms with Crippen molar-refractivity contribution < 1.29 is 0 Å². The van der Waals surface area contributed by atoms with Crippen LogP contribution >= 0.6 is 23.1 Å². The van der Waals surface area contributed by atoms with Gasteiger partial charge in [0.2, 0.25) is 0 Å². The minimum Gasteiger partial charge on any atom is -0.315 e. The van der Waals surface area contributed by atoms with Crippen LogP contribution < -0.4 is 5.32 Å². The fraction of sp³-hybridized carbons (Fsp3) is 0.615. The fourth-order valence-corrected chi connectivity index (χ4v) is 4.95. The average molecular weight is 281 g/mol. The maximum Gasteiger partial charge on any atom is 0.193 e. The highest BCUT2D eigenvalue weighted by molar-refractivity contribution is 8.00. The smallest absolute Gasteiger partial charge is 0.193 e. The molecule has 0 amide bonds. The zero-order valence-corrected chi connectivity index (χ0v) is 12.5. The number of hydrogen-bond donors (Lipinski definition) is 1. The SMILES string of the molecule is CNC(Cc1cn2ccsc2n1)C1(C)CCCS1. The van der Waals surface area contributed by atoms with E-state index in [1.54, 1.807) is 11.3 Å². The first kappa shape index (κ1) is 12.5. The third-order valence-electron chi connectivity index (χ3n) is 3.89. The van der Waals surface area contributed by atoms with Crippen LogP contribution in [0.2, 0.25) is 0 Å². The van der Waals surface area contributed by atoms with Crippen molar-refractivity contribution in [1.29, 1.82) is 0 Å². The Bertz CT molecular complexity index is 497. The number of thioether (sulfide) groups is 1. The Labute approximate surface area is 116 Å². The van der Waals surface area contributed by atoms with Gasteiger partial charge in [-0.2, -0.15) is 11.8 Å². The molecular weight excluding hydrogens is 262 g/mol. The summed E-state index contributed by atoms with van der Waals surface area (Å²) >= 11 is 3.81. The van der Waals surface area contributed by atoms with E-state index in [1.165, 1.54) is 24.3 Å². The van der Waals surface area contributed by atoms with Gasteiger partial charge in [0, 0.05) is 35.0 Å². The summed E-state index contributed by atoms with van der Waals surface area (Å²) in [6.45, 7) is 2.39. The van der Waals surface area contributed by atoms with E-state index in [4.69, 9.17) is 4.98 Å². The molecule has 0 aromatic carbocycles. The molecule has 1 N–H and O–H groups in total. The second kappa shape index (κ2) is 4.87. The molecule has 2 unspecified atom stereocenters. The molecule has 2 aromatic heterocycles. The quantitative estimate of drug-likeness (QED) is 0.934. The summed E-state index contributed by atoms with van der Waals surface area (Å²) in [7, 11) is 2.08. The van der Waals surface area contributed by atoms with Crippen LogP contribution in [-0.4, -0.2) is 33.0 Å². The molecule has 1 fully saturated rings. The molecule has 18 heavy (non-hydrogen) atoms. The van der Waals surface area contributed by atoms with E-state index in [-0.39, 0.29) is 0 Å². The molecule has 0 spiro atoms. The Morgan fingerprint density at radius 1 is 1.61 bits per heavy atom. The number of fused-ring (bicyclic) bond motifs is 1. The maximum absolute atomic E-state index is 4.70. The summed E-state index contributed by atoms with van der Waals surface area (Å²) in [4.78, 5) is 5.80. The van der Waals surface area contributed by atoms with E-state index in [1.807, 2.05) is 0 Å². The highest BCUT2D eigenvalue weighted by Gasteiger charge is 2.37.